The minimum atomic E-state index is -0.249. The molecule has 0 spiro atoms. The van der Waals surface area contributed by atoms with E-state index < -0.39 is 0 Å². The number of nitrogens with two attached hydrogens (primary N) is 1. The zero-order chi connectivity index (χ0) is 15.1. The average Bonchev–Trinajstić information content (AvgIpc) is 2.51. The first-order valence-electron chi connectivity index (χ1n) is 7.60. The third-order valence-corrected chi connectivity index (χ3v) is 3.89. The summed E-state index contributed by atoms with van der Waals surface area (Å²) in [6, 6.07) is 5.30. The predicted molar refractivity (Wildman–Crippen MR) is 80.9 cm³/mol. The van der Waals surface area contributed by atoms with Crippen molar-refractivity contribution in [2.75, 3.05) is 33.4 Å². The molecule has 21 heavy (non-hydrogen) atoms. The first-order valence-corrected chi connectivity index (χ1v) is 7.60. The van der Waals surface area contributed by atoms with Crippen LogP contribution in [-0.4, -0.2) is 44.4 Å². The van der Waals surface area contributed by atoms with Crippen molar-refractivity contribution in [2.24, 2.45) is 5.73 Å². The summed E-state index contributed by atoms with van der Waals surface area (Å²) in [6.07, 6.45) is 3.23. The van der Waals surface area contributed by atoms with Gasteiger partial charge in [0.2, 0.25) is 0 Å². The maximum atomic E-state index is 14.1. The number of hydrogen-bond acceptors (Lipinski definition) is 4. The van der Waals surface area contributed by atoms with Crippen molar-refractivity contribution in [3.63, 3.8) is 0 Å². The zero-order valence-corrected chi connectivity index (χ0v) is 12.7. The Morgan fingerprint density at radius 1 is 1.33 bits per heavy atom. The Morgan fingerprint density at radius 2 is 2.10 bits per heavy atom. The standard InChI is InChI=1S/C16H25FN2O2/c1-20-15-5-2-4-13(16(15)17)12-19-9-6-14(7-10-19)21-11-3-8-18/h2,4-5,14H,3,6-12,18H2,1H3. The van der Waals surface area contributed by atoms with Gasteiger partial charge in [-0.2, -0.15) is 0 Å². The van der Waals surface area contributed by atoms with E-state index in [4.69, 9.17) is 15.2 Å². The molecule has 1 saturated heterocycles. The van der Waals surface area contributed by atoms with Gasteiger partial charge in [0.05, 0.1) is 13.2 Å². The second-order valence-corrected chi connectivity index (χ2v) is 5.42. The lowest BCUT2D eigenvalue weighted by atomic mass is 10.1. The van der Waals surface area contributed by atoms with E-state index in [9.17, 15) is 4.39 Å². The zero-order valence-electron chi connectivity index (χ0n) is 12.7. The van der Waals surface area contributed by atoms with Crippen LogP contribution in [-0.2, 0) is 11.3 Å². The molecule has 5 heteroatoms. The van der Waals surface area contributed by atoms with Crippen LogP contribution >= 0.6 is 0 Å². The Kier molecular flexibility index (Phi) is 6.42. The summed E-state index contributed by atoms with van der Waals surface area (Å²) in [5, 5.41) is 0. The van der Waals surface area contributed by atoms with Crippen molar-refractivity contribution < 1.29 is 13.9 Å². The topological polar surface area (TPSA) is 47.7 Å². The van der Waals surface area contributed by atoms with Crippen molar-refractivity contribution >= 4 is 0 Å². The summed E-state index contributed by atoms with van der Waals surface area (Å²) < 4.78 is 24.9. The number of methoxy groups -OCH3 is 1. The van der Waals surface area contributed by atoms with Crippen molar-refractivity contribution in [2.45, 2.75) is 31.9 Å². The molecule has 118 valence electrons. The molecule has 0 atom stereocenters. The summed E-state index contributed by atoms with van der Waals surface area (Å²) >= 11 is 0. The molecule has 0 radical (unpaired) electrons. The molecule has 0 bridgehead atoms. The molecule has 1 aliphatic heterocycles. The second-order valence-electron chi connectivity index (χ2n) is 5.42. The van der Waals surface area contributed by atoms with Crippen LogP contribution in [0.2, 0.25) is 0 Å². The van der Waals surface area contributed by atoms with Crippen molar-refractivity contribution in [3.05, 3.63) is 29.6 Å². The molecule has 1 fully saturated rings. The van der Waals surface area contributed by atoms with Gasteiger partial charge in [0, 0.05) is 31.8 Å². The van der Waals surface area contributed by atoms with Crippen LogP contribution in [0.25, 0.3) is 0 Å². The molecular formula is C16H25FN2O2. The van der Waals surface area contributed by atoms with Gasteiger partial charge in [0.1, 0.15) is 0 Å². The molecule has 1 heterocycles. The van der Waals surface area contributed by atoms with E-state index in [2.05, 4.69) is 4.90 Å². The van der Waals surface area contributed by atoms with Crippen LogP contribution in [0.4, 0.5) is 4.39 Å². The highest BCUT2D eigenvalue weighted by Gasteiger charge is 2.21. The fourth-order valence-corrected chi connectivity index (χ4v) is 2.64. The number of halogens is 1. The number of nitrogens with zero attached hydrogens (tertiary/aromatic N) is 1. The molecule has 4 nitrogen and oxygen atoms in total. The van der Waals surface area contributed by atoms with Gasteiger partial charge in [-0.1, -0.05) is 12.1 Å². The summed E-state index contributed by atoms with van der Waals surface area (Å²) in [4.78, 5) is 2.26. The monoisotopic (exact) mass is 296 g/mol. The molecule has 0 saturated carbocycles. The smallest absolute Gasteiger partial charge is 0.169 e. The highest BCUT2D eigenvalue weighted by atomic mass is 19.1. The Balaban J connectivity index is 1.81. The number of ether oxygens (including phenoxy) is 2. The number of likely N-dealkylation sites (tertiary alicyclic amines) is 1. The van der Waals surface area contributed by atoms with E-state index in [0.29, 0.717) is 30.5 Å². The first kappa shape index (κ1) is 16.2. The van der Waals surface area contributed by atoms with Gasteiger partial charge in [0.25, 0.3) is 0 Å². The van der Waals surface area contributed by atoms with Gasteiger partial charge in [-0.25, -0.2) is 4.39 Å². The van der Waals surface area contributed by atoms with Crippen LogP contribution in [0, 0.1) is 5.82 Å². The molecule has 2 rings (SSSR count). The lowest BCUT2D eigenvalue weighted by molar-refractivity contribution is 0.00544. The fraction of sp³-hybridized carbons (Fsp3) is 0.625. The van der Waals surface area contributed by atoms with Crippen molar-refractivity contribution in [3.8, 4) is 5.75 Å². The lowest BCUT2D eigenvalue weighted by Gasteiger charge is -2.32. The minimum Gasteiger partial charge on any atom is -0.494 e. The Labute approximate surface area is 126 Å². The van der Waals surface area contributed by atoms with Crippen LogP contribution in [0.3, 0.4) is 0 Å². The van der Waals surface area contributed by atoms with E-state index in [1.807, 2.05) is 12.1 Å². The average molecular weight is 296 g/mol. The summed E-state index contributed by atoms with van der Waals surface area (Å²) in [7, 11) is 1.49. The molecule has 2 N–H and O–H groups in total. The normalized spacial score (nSPS) is 17.1. The van der Waals surface area contributed by atoms with E-state index in [1.54, 1.807) is 6.07 Å². The Bertz CT molecular complexity index is 434. The highest BCUT2D eigenvalue weighted by molar-refractivity contribution is 5.31. The fourth-order valence-electron chi connectivity index (χ4n) is 2.64. The van der Waals surface area contributed by atoms with Crippen molar-refractivity contribution in [1.29, 1.82) is 0 Å². The third-order valence-electron chi connectivity index (χ3n) is 3.89. The molecule has 1 aliphatic rings. The quantitative estimate of drug-likeness (QED) is 0.783. The molecule has 0 aliphatic carbocycles. The molecule has 0 aromatic heterocycles. The van der Waals surface area contributed by atoms with Gasteiger partial charge in [-0.05, 0) is 31.9 Å². The first-order chi connectivity index (χ1) is 10.2. The SMILES string of the molecule is COc1cccc(CN2CCC(OCCCN)CC2)c1F. The van der Waals surface area contributed by atoms with Gasteiger partial charge >= 0.3 is 0 Å². The van der Waals surface area contributed by atoms with Gasteiger partial charge in [-0.15, -0.1) is 0 Å². The predicted octanol–water partition coefficient (Wildman–Crippen LogP) is 2.16. The Morgan fingerprint density at radius 3 is 2.76 bits per heavy atom. The maximum absolute atomic E-state index is 14.1. The van der Waals surface area contributed by atoms with Gasteiger partial charge in [-0.3, -0.25) is 4.90 Å². The Hall–Kier alpha value is -1.17. The van der Waals surface area contributed by atoms with Crippen LogP contribution in [0.15, 0.2) is 18.2 Å². The second kappa shape index (κ2) is 8.32. The molecule has 1 aromatic rings. The summed E-state index contributed by atoms with van der Waals surface area (Å²) in [6.45, 7) is 3.91. The third kappa shape index (κ3) is 4.66. The number of piperidine rings is 1. The van der Waals surface area contributed by atoms with Crippen molar-refractivity contribution in [1.82, 2.24) is 4.90 Å². The van der Waals surface area contributed by atoms with Crippen LogP contribution in [0.5, 0.6) is 5.75 Å². The molecule has 0 unspecified atom stereocenters. The van der Waals surface area contributed by atoms with E-state index >= 15 is 0 Å². The van der Waals surface area contributed by atoms with Gasteiger partial charge in [0.15, 0.2) is 11.6 Å². The summed E-state index contributed by atoms with van der Waals surface area (Å²) in [5.74, 6) is 0.0637. The van der Waals surface area contributed by atoms with Crippen LogP contribution < -0.4 is 10.5 Å². The maximum Gasteiger partial charge on any atom is 0.169 e. The largest absolute Gasteiger partial charge is 0.494 e. The lowest BCUT2D eigenvalue weighted by Crippen LogP contribution is -2.37. The molecule has 1 aromatic carbocycles. The molecular weight excluding hydrogens is 271 g/mol. The van der Waals surface area contributed by atoms with E-state index in [-0.39, 0.29) is 5.82 Å². The summed E-state index contributed by atoms with van der Waals surface area (Å²) in [5.41, 5.74) is 6.15. The molecule has 0 amide bonds. The van der Waals surface area contributed by atoms with E-state index in [1.165, 1.54) is 7.11 Å². The number of benzene rings is 1. The van der Waals surface area contributed by atoms with Gasteiger partial charge < -0.3 is 15.2 Å². The number of hydrogen-bond donors (Lipinski definition) is 1. The van der Waals surface area contributed by atoms with E-state index in [0.717, 1.165) is 39.0 Å². The number of rotatable bonds is 7. The van der Waals surface area contributed by atoms with Crippen LogP contribution in [0.1, 0.15) is 24.8 Å². The highest BCUT2D eigenvalue weighted by Crippen LogP contribution is 2.23. The minimum absolute atomic E-state index is 0.249.